The minimum absolute atomic E-state index is 0.0206. The van der Waals surface area contributed by atoms with Gasteiger partial charge in [-0.05, 0) is 42.7 Å². The minimum Gasteiger partial charge on any atom is -0.328 e. The van der Waals surface area contributed by atoms with Gasteiger partial charge in [0.05, 0.1) is 4.92 Å². The number of Topliss-reactive ketones (excluding diaryl/α,β-unsaturated/α-hetero) is 1. The van der Waals surface area contributed by atoms with Gasteiger partial charge in [0.2, 0.25) is 5.95 Å². The highest BCUT2D eigenvalue weighted by atomic mass is 19.1. The summed E-state index contributed by atoms with van der Waals surface area (Å²) in [5, 5.41) is 18.7. The van der Waals surface area contributed by atoms with Crippen LogP contribution in [0.5, 0.6) is 0 Å². The van der Waals surface area contributed by atoms with Crippen molar-refractivity contribution >= 4 is 17.4 Å². The van der Waals surface area contributed by atoms with Crippen molar-refractivity contribution in [3.63, 3.8) is 0 Å². The number of nitro groups is 1. The predicted molar refractivity (Wildman–Crippen MR) is 106 cm³/mol. The summed E-state index contributed by atoms with van der Waals surface area (Å²) < 4.78 is 15.1. The van der Waals surface area contributed by atoms with E-state index in [0.717, 1.165) is 24.1 Å². The molecule has 0 fully saturated rings. The second kappa shape index (κ2) is 6.87. The highest BCUT2D eigenvalue weighted by Crippen LogP contribution is 2.40. The third-order valence-electron chi connectivity index (χ3n) is 5.39. The highest BCUT2D eigenvalue weighted by molar-refractivity contribution is 5.99. The fourth-order valence-electron chi connectivity index (χ4n) is 3.96. The molecular formula is C21H16FN5O3. The fraction of sp³-hybridized carbons (Fsp3) is 0.190. The van der Waals surface area contributed by atoms with Crippen molar-refractivity contribution in [2.24, 2.45) is 0 Å². The molecule has 2 aliphatic rings. The molecule has 30 heavy (non-hydrogen) atoms. The average molecular weight is 405 g/mol. The molecule has 1 N–H and O–H groups in total. The quantitative estimate of drug-likeness (QED) is 0.522. The largest absolute Gasteiger partial charge is 0.328 e. The van der Waals surface area contributed by atoms with Gasteiger partial charge in [0, 0.05) is 35.4 Å². The highest BCUT2D eigenvalue weighted by Gasteiger charge is 2.36. The molecule has 9 heteroatoms. The summed E-state index contributed by atoms with van der Waals surface area (Å²) in [6, 6.07) is 11.5. The van der Waals surface area contributed by atoms with Gasteiger partial charge in [0.1, 0.15) is 11.9 Å². The summed E-state index contributed by atoms with van der Waals surface area (Å²) in [7, 11) is 0. The third-order valence-corrected chi connectivity index (χ3v) is 5.39. The third kappa shape index (κ3) is 2.95. The number of carbonyl (C=O) groups is 1. The molecule has 150 valence electrons. The smallest absolute Gasteiger partial charge is 0.269 e. The molecule has 1 aliphatic carbocycles. The number of aromatic nitrogens is 3. The number of carbonyl (C=O) groups excluding carboxylic acids is 1. The lowest BCUT2D eigenvalue weighted by Crippen LogP contribution is -2.31. The first-order valence-corrected chi connectivity index (χ1v) is 9.51. The summed E-state index contributed by atoms with van der Waals surface area (Å²) >= 11 is 0. The van der Waals surface area contributed by atoms with Crippen LogP contribution in [0.2, 0.25) is 0 Å². The standard InChI is InChI=1S/C21H16FN5O3/c22-14-8-4-12(5-9-14)19-18-16(2-1-3-17(18)28)23-21-24-20(25-26(19)21)13-6-10-15(11-7-13)27(29)30/h4-11,19H,1-3H2,(H,23,24,25). The molecule has 1 atom stereocenters. The maximum Gasteiger partial charge on any atom is 0.269 e. The lowest BCUT2D eigenvalue weighted by Gasteiger charge is -2.32. The zero-order chi connectivity index (χ0) is 20.8. The number of non-ortho nitro benzene ring substituents is 1. The van der Waals surface area contributed by atoms with Crippen molar-refractivity contribution < 1.29 is 14.1 Å². The number of ketones is 1. The predicted octanol–water partition coefficient (Wildman–Crippen LogP) is 4.01. The summed E-state index contributed by atoms with van der Waals surface area (Å²) in [4.78, 5) is 27.8. The van der Waals surface area contributed by atoms with Crippen LogP contribution in [-0.2, 0) is 4.79 Å². The second-order valence-electron chi connectivity index (χ2n) is 7.26. The second-order valence-corrected chi connectivity index (χ2v) is 7.26. The van der Waals surface area contributed by atoms with Gasteiger partial charge in [-0.1, -0.05) is 12.1 Å². The van der Waals surface area contributed by atoms with Crippen molar-refractivity contribution in [3.05, 3.63) is 81.3 Å². The van der Waals surface area contributed by atoms with E-state index in [0.29, 0.717) is 29.3 Å². The van der Waals surface area contributed by atoms with Crippen LogP contribution in [0.25, 0.3) is 11.4 Å². The van der Waals surface area contributed by atoms with Crippen LogP contribution < -0.4 is 5.32 Å². The molecule has 0 radical (unpaired) electrons. The molecule has 1 aromatic heterocycles. The average Bonchev–Trinajstić information content (AvgIpc) is 3.17. The Hall–Kier alpha value is -3.88. The van der Waals surface area contributed by atoms with E-state index in [1.54, 1.807) is 28.9 Å². The van der Waals surface area contributed by atoms with Crippen molar-refractivity contribution in [1.82, 2.24) is 14.8 Å². The van der Waals surface area contributed by atoms with E-state index in [1.807, 2.05) is 0 Å². The van der Waals surface area contributed by atoms with Crippen LogP contribution in [0.15, 0.2) is 59.8 Å². The van der Waals surface area contributed by atoms with Crippen molar-refractivity contribution in [3.8, 4) is 11.4 Å². The van der Waals surface area contributed by atoms with E-state index in [9.17, 15) is 19.3 Å². The molecule has 0 saturated carbocycles. The van der Waals surface area contributed by atoms with Crippen LogP contribution in [0.4, 0.5) is 16.0 Å². The number of halogens is 1. The van der Waals surface area contributed by atoms with Crippen LogP contribution in [-0.4, -0.2) is 25.5 Å². The first-order chi connectivity index (χ1) is 14.5. The number of anilines is 1. The summed E-state index contributed by atoms with van der Waals surface area (Å²) in [6.07, 6.45) is 1.93. The number of nitro benzene ring substituents is 1. The normalized spacial score (nSPS) is 17.9. The molecule has 5 rings (SSSR count). The first-order valence-electron chi connectivity index (χ1n) is 9.51. The Morgan fingerprint density at radius 3 is 2.53 bits per heavy atom. The molecular weight excluding hydrogens is 389 g/mol. The van der Waals surface area contributed by atoms with Gasteiger partial charge < -0.3 is 5.32 Å². The molecule has 3 aromatic rings. The first kappa shape index (κ1) is 18.2. The van der Waals surface area contributed by atoms with E-state index in [-0.39, 0.29) is 17.3 Å². The molecule has 1 unspecified atom stereocenters. The van der Waals surface area contributed by atoms with E-state index >= 15 is 0 Å². The van der Waals surface area contributed by atoms with Crippen LogP contribution >= 0.6 is 0 Å². The van der Waals surface area contributed by atoms with Gasteiger partial charge in [0.15, 0.2) is 11.6 Å². The molecule has 0 bridgehead atoms. The molecule has 0 spiro atoms. The van der Waals surface area contributed by atoms with Gasteiger partial charge in [-0.15, -0.1) is 5.10 Å². The minimum atomic E-state index is -0.510. The Bertz CT molecular complexity index is 1200. The number of allylic oxidation sites excluding steroid dienone is 2. The number of benzene rings is 2. The Morgan fingerprint density at radius 1 is 1.10 bits per heavy atom. The van der Waals surface area contributed by atoms with Gasteiger partial charge >= 0.3 is 0 Å². The Morgan fingerprint density at radius 2 is 1.83 bits per heavy atom. The maximum atomic E-state index is 13.5. The summed E-state index contributed by atoms with van der Waals surface area (Å²) in [5.74, 6) is 0.538. The van der Waals surface area contributed by atoms with Crippen LogP contribution in [0.1, 0.15) is 30.9 Å². The fourth-order valence-corrected chi connectivity index (χ4v) is 3.96. The zero-order valence-corrected chi connectivity index (χ0v) is 15.7. The molecule has 2 heterocycles. The van der Waals surface area contributed by atoms with E-state index < -0.39 is 11.0 Å². The summed E-state index contributed by atoms with van der Waals surface area (Å²) in [5.41, 5.74) is 2.78. The number of hydrogen-bond donors (Lipinski definition) is 1. The molecule has 1 aliphatic heterocycles. The van der Waals surface area contributed by atoms with E-state index in [4.69, 9.17) is 0 Å². The van der Waals surface area contributed by atoms with Crippen molar-refractivity contribution in [2.45, 2.75) is 25.3 Å². The number of nitrogens with one attached hydrogen (secondary N) is 1. The number of fused-ring (bicyclic) bond motifs is 1. The Labute approximate surface area is 170 Å². The van der Waals surface area contributed by atoms with Crippen LogP contribution in [0.3, 0.4) is 0 Å². The monoisotopic (exact) mass is 405 g/mol. The maximum absolute atomic E-state index is 13.5. The van der Waals surface area contributed by atoms with Gasteiger partial charge in [-0.3, -0.25) is 14.9 Å². The molecule has 2 aromatic carbocycles. The van der Waals surface area contributed by atoms with Gasteiger partial charge in [-0.25, -0.2) is 9.07 Å². The number of nitrogens with zero attached hydrogens (tertiary/aromatic N) is 4. The van der Waals surface area contributed by atoms with Gasteiger partial charge in [0.25, 0.3) is 5.69 Å². The molecule has 8 nitrogen and oxygen atoms in total. The van der Waals surface area contributed by atoms with Crippen molar-refractivity contribution in [2.75, 3.05) is 5.32 Å². The Balaban J connectivity index is 1.62. The van der Waals surface area contributed by atoms with Crippen molar-refractivity contribution in [1.29, 1.82) is 0 Å². The Kier molecular flexibility index (Phi) is 4.16. The summed E-state index contributed by atoms with van der Waals surface area (Å²) in [6.45, 7) is 0. The lowest BCUT2D eigenvalue weighted by atomic mass is 9.85. The molecule has 0 saturated heterocycles. The SMILES string of the molecule is O=C1CCCC2=C1C(c1ccc(F)cc1)n1nc(-c3ccc([N+](=O)[O-])cc3)nc1N2. The molecule has 0 amide bonds. The number of rotatable bonds is 3. The number of hydrogen-bond acceptors (Lipinski definition) is 6. The van der Waals surface area contributed by atoms with E-state index in [1.165, 1.54) is 24.3 Å². The zero-order valence-electron chi connectivity index (χ0n) is 15.7. The van der Waals surface area contributed by atoms with E-state index in [2.05, 4.69) is 15.4 Å². The topological polar surface area (TPSA) is 103 Å². The van der Waals surface area contributed by atoms with Crippen LogP contribution in [0, 0.1) is 15.9 Å². The lowest BCUT2D eigenvalue weighted by molar-refractivity contribution is -0.384. The van der Waals surface area contributed by atoms with Gasteiger partial charge in [-0.2, -0.15) is 4.98 Å².